The number of hydrogen-bond acceptors (Lipinski definition) is 3. The molecule has 2 unspecified atom stereocenters. The zero-order valence-corrected chi connectivity index (χ0v) is 9.40. The van der Waals surface area contributed by atoms with Crippen LogP contribution in [-0.2, 0) is 14.4 Å². The van der Waals surface area contributed by atoms with E-state index in [2.05, 4.69) is 5.32 Å². The van der Waals surface area contributed by atoms with Gasteiger partial charge in [-0.25, -0.2) is 0 Å². The molecule has 0 aromatic rings. The van der Waals surface area contributed by atoms with Crippen LogP contribution in [0.2, 0.25) is 0 Å². The summed E-state index contributed by atoms with van der Waals surface area (Å²) in [5.74, 6) is -2.45. The molecule has 0 radical (unpaired) electrons. The second kappa shape index (κ2) is 4.96. The van der Waals surface area contributed by atoms with Gasteiger partial charge >= 0.3 is 5.97 Å². The minimum Gasteiger partial charge on any atom is -0.481 e. The number of nitrogens with one attached hydrogen (secondary N) is 1. The summed E-state index contributed by atoms with van der Waals surface area (Å²) >= 11 is 0. The van der Waals surface area contributed by atoms with Crippen LogP contribution < -0.4 is 5.32 Å². The molecule has 0 bridgehead atoms. The van der Waals surface area contributed by atoms with Crippen molar-refractivity contribution in [3.05, 3.63) is 0 Å². The number of nitrogens with zero attached hydrogens (tertiary/aromatic N) is 1. The highest BCUT2D eigenvalue weighted by atomic mass is 16.4. The molecule has 0 aliphatic heterocycles. The average Bonchev–Trinajstić information content (AvgIpc) is 2.96. The number of carboxylic acid groups (broad SMARTS) is 1. The Labute approximate surface area is 93.6 Å². The molecule has 6 heteroatoms. The third-order valence-electron chi connectivity index (χ3n) is 2.56. The Morgan fingerprint density at radius 2 is 2.00 bits per heavy atom. The fourth-order valence-electron chi connectivity index (χ4n) is 1.57. The van der Waals surface area contributed by atoms with Gasteiger partial charge in [-0.1, -0.05) is 0 Å². The van der Waals surface area contributed by atoms with E-state index in [1.165, 1.54) is 11.9 Å². The van der Waals surface area contributed by atoms with Crippen molar-refractivity contribution in [1.29, 1.82) is 0 Å². The summed E-state index contributed by atoms with van der Waals surface area (Å²) in [6.45, 7) is 2.29. The number of carboxylic acids is 1. The lowest BCUT2D eigenvalue weighted by atomic mass is 10.3. The largest absolute Gasteiger partial charge is 0.481 e. The van der Waals surface area contributed by atoms with E-state index in [1.54, 1.807) is 6.92 Å². The molecular formula is C10H16N2O4. The number of aliphatic carboxylic acids is 1. The molecule has 1 saturated carbocycles. The van der Waals surface area contributed by atoms with Crippen molar-refractivity contribution in [2.75, 3.05) is 20.1 Å². The molecule has 0 heterocycles. The summed E-state index contributed by atoms with van der Waals surface area (Å²) in [6, 6.07) is 0. The molecule has 0 spiro atoms. The van der Waals surface area contributed by atoms with E-state index in [9.17, 15) is 14.4 Å². The number of carbonyl (C=O) groups is 3. The smallest absolute Gasteiger partial charge is 0.307 e. The zero-order valence-electron chi connectivity index (χ0n) is 9.40. The lowest BCUT2D eigenvalue weighted by Crippen LogP contribution is -2.39. The van der Waals surface area contributed by atoms with E-state index in [0.29, 0.717) is 13.0 Å². The van der Waals surface area contributed by atoms with Gasteiger partial charge in [0.1, 0.15) is 0 Å². The van der Waals surface area contributed by atoms with Gasteiger partial charge in [0, 0.05) is 13.6 Å². The second-order valence-electron chi connectivity index (χ2n) is 3.93. The summed E-state index contributed by atoms with van der Waals surface area (Å²) in [7, 11) is 1.51. The van der Waals surface area contributed by atoms with Crippen molar-refractivity contribution in [1.82, 2.24) is 10.2 Å². The van der Waals surface area contributed by atoms with Crippen LogP contribution >= 0.6 is 0 Å². The molecule has 90 valence electrons. The second-order valence-corrected chi connectivity index (χ2v) is 3.93. The summed E-state index contributed by atoms with van der Waals surface area (Å²) in [5.41, 5.74) is 0. The highest BCUT2D eigenvalue weighted by molar-refractivity contribution is 5.91. The van der Waals surface area contributed by atoms with Crippen LogP contribution in [0.5, 0.6) is 0 Å². The first-order valence-electron chi connectivity index (χ1n) is 5.21. The van der Waals surface area contributed by atoms with Crippen molar-refractivity contribution in [3.63, 3.8) is 0 Å². The first-order chi connectivity index (χ1) is 7.47. The number of rotatable bonds is 5. The Balaban J connectivity index is 2.38. The van der Waals surface area contributed by atoms with E-state index >= 15 is 0 Å². The van der Waals surface area contributed by atoms with Crippen LogP contribution in [0.1, 0.15) is 13.3 Å². The van der Waals surface area contributed by atoms with Crippen LogP contribution in [0.4, 0.5) is 0 Å². The van der Waals surface area contributed by atoms with Gasteiger partial charge in [0.25, 0.3) is 0 Å². The first kappa shape index (κ1) is 12.5. The van der Waals surface area contributed by atoms with Crippen molar-refractivity contribution in [3.8, 4) is 0 Å². The van der Waals surface area contributed by atoms with Gasteiger partial charge < -0.3 is 15.3 Å². The van der Waals surface area contributed by atoms with Crippen molar-refractivity contribution >= 4 is 17.8 Å². The number of carbonyl (C=O) groups excluding carboxylic acids is 2. The predicted molar refractivity (Wildman–Crippen MR) is 55.6 cm³/mol. The summed E-state index contributed by atoms with van der Waals surface area (Å²) in [5, 5.41) is 11.2. The van der Waals surface area contributed by atoms with E-state index in [4.69, 9.17) is 5.11 Å². The first-order valence-corrected chi connectivity index (χ1v) is 5.21. The Hall–Kier alpha value is -1.59. The topological polar surface area (TPSA) is 86.7 Å². The van der Waals surface area contributed by atoms with Gasteiger partial charge in [-0.05, 0) is 13.3 Å². The minimum absolute atomic E-state index is 0.0183. The third kappa shape index (κ3) is 2.95. The van der Waals surface area contributed by atoms with E-state index < -0.39 is 17.8 Å². The molecule has 16 heavy (non-hydrogen) atoms. The lowest BCUT2D eigenvalue weighted by Gasteiger charge is -2.16. The lowest BCUT2D eigenvalue weighted by molar-refractivity contribution is -0.142. The Kier molecular flexibility index (Phi) is 3.87. The minimum atomic E-state index is -0.940. The molecule has 1 aliphatic rings. The molecule has 2 amide bonds. The molecule has 6 nitrogen and oxygen atoms in total. The van der Waals surface area contributed by atoms with Crippen LogP contribution in [0.3, 0.4) is 0 Å². The van der Waals surface area contributed by atoms with Gasteiger partial charge in [0.05, 0.1) is 18.4 Å². The number of hydrogen-bond donors (Lipinski definition) is 2. The molecule has 0 aromatic heterocycles. The quantitative estimate of drug-likeness (QED) is 0.651. The molecule has 1 aliphatic carbocycles. The maximum absolute atomic E-state index is 11.6. The average molecular weight is 228 g/mol. The highest BCUT2D eigenvalue weighted by Crippen LogP contribution is 2.39. The van der Waals surface area contributed by atoms with Crippen LogP contribution in [0.15, 0.2) is 0 Å². The third-order valence-corrected chi connectivity index (χ3v) is 2.56. The van der Waals surface area contributed by atoms with Crippen LogP contribution in [0.25, 0.3) is 0 Å². The van der Waals surface area contributed by atoms with Crippen molar-refractivity contribution < 1.29 is 19.5 Å². The standard InChI is InChI=1S/C10H16N2O4/c1-3-11-8(13)5-12(2)9(14)6-4-7(6)10(15)16/h6-7H,3-5H2,1-2H3,(H,11,13)(H,15,16). The Bertz CT molecular complexity index is 316. The summed E-state index contributed by atoms with van der Waals surface area (Å²) in [4.78, 5) is 34.7. The number of likely N-dealkylation sites (N-methyl/N-ethyl adjacent to an activating group) is 2. The summed E-state index contributed by atoms with van der Waals surface area (Å²) in [6.07, 6.45) is 0.383. The highest BCUT2D eigenvalue weighted by Gasteiger charge is 2.49. The fraction of sp³-hybridized carbons (Fsp3) is 0.700. The SMILES string of the molecule is CCNC(=O)CN(C)C(=O)C1CC1C(=O)O. The van der Waals surface area contributed by atoms with Crippen LogP contribution in [0, 0.1) is 11.8 Å². The van der Waals surface area contributed by atoms with Gasteiger partial charge in [0.2, 0.25) is 11.8 Å². The molecule has 1 rings (SSSR count). The van der Waals surface area contributed by atoms with Gasteiger partial charge in [-0.3, -0.25) is 14.4 Å². The zero-order chi connectivity index (χ0) is 12.3. The van der Waals surface area contributed by atoms with Gasteiger partial charge in [-0.2, -0.15) is 0 Å². The van der Waals surface area contributed by atoms with E-state index in [-0.39, 0.29) is 18.4 Å². The Morgan fingerprint density at radius 3 is 2.44 bits per heavy atom. The predicted octanol–water partition coefficient (Wildman–Crippen LogP) is -0.698. The molecule has 0 aromatic carbocycles. The molecule has 1 fully saturated rings. The maximum Gasteiger partial charge on any atom is 0.307 e. The fourth-order valence-corrected chi connectivity index (χ4v) is 1.57. The molecule has 2 atom stereocenters. The molecule has 2 N–H and O–H groups in total. The summed E-state index contributed by atoms with van der Waals surface area (Å²) < 4.78 is 0. The maximum atomic E-state index is 11.6. The van der Waals surface area contributed by atoms with E-state index in [0.717, 1.165) is 0 Å². The van der Waals surface area contributed by atoms with Gasteiger partial charge in [-0.15, -0.1) is 0 Å². The Morgan fingerprint density at radius 1 is 1.38 bits per heavy atom. The normalized spacial score (nSPS) is 22.4. The van der Waals surface area contributed by atoms with Crippen molar-refractivity contribution in [2.45, 2.75) is 13.3 Å². The number of amides is 2. The van der Waals surface area contributed by atoms with E-state index in [1.807, 2.05) is 0 Å². The van der Waals surface area contributed by atoms with Crippen LogP contribution in [-0.4, -0.2) is 47.9 Å². The van der Waals surface area contributed by atoms with Gasteiger partial charge in [0.15, 0.2) is 0 Å². The monoisotopic (exact) mass is 228 g/mol. The van der Waals surface area contributed by atoms with Crippen molar-refractivity contribution in [2.24, 2.45) is 11.8 Å². The molecule has 0 saturated heterocycles. The molecular weight excluding hydrogens is 212 g/mol.